The van der Waals surface area contributed by atoms with Gasteiger partial charge in [-0.15, -0.1) is 0 Å². The molecule has 1 unspecified atom stereocenters. The second-order valence-corrected chi connectivity index (χ2v) is 6.09. The Morgan fingerprint density at radius 2 is 2.30 bits per heavy atom. The number of rotatable bonds is 3. The van der Waals surface area contributed by atoms with Crippen molar-refractivity contribution in [2.45, 2.75) is 32.1 Å². The molecule has 6 heteroatoms. The molecule has 0 aliphatic carbocycles. The fourth-order valence-electron chi connectivity index (χ4n) is 2.78. The van der Waals surface area contributed by atoms with Gasteiger partial charge in [0.1, 0.15) is 0 Å². The second kappa shape index (κ2) is 5.01. The highest BCUT2D eigenvalue weighted by molar-refractivity contribution is 5.51. The average molecular weight is 275 g/mol. The van der Waals surface area contributed by atoms with Crippen LogP contribution in [0.5, 0.6) is 0 Å². The molecule has 0 bridgehead atoms. The highest BCUT2D eigenvalue weighted by Gasteiger charge is 2.37. The van der Waals surface area contributed by atoms with Crippen LogP contribution < -0.4 is 5.32 Å². The van der Waals surface area contributed by atoms with Crippen molar-refractivity contribution in [3.63, 3.8) is 0 Å². The summed E-state index contributed by atoms with van der Waals surface area (Å²) in [5.41, 5.74) is 0.779. The highest BCUT2D eigenvalue weighted by Crippen LogP contribution is 2.35. The van der Waals surface area contributed by atoms with E-state index in [9.17, 15) is 0 Å². The van der Waals surface area contributed by atoms with E-state index in [1.807, 2.05) is 13.2 Å². The molecule has 20 heavy (non-hydrogen) atoms. The molecule has 2 aromatic heterocycles. The molecule has 0 aromatic carbocycles. The smallest absolute Gasteiger partial charge is 0.232 e. The zero-order chi connectivity index (χ0) is 14.2. The number of nitrogens with zero attached hydrogens (tertiary/aromatic N) is 4. The van der Waals surface area contributed by atoms with Crippen LogP contribution in [-0.4, -0.2) is 33.0 Å². The molecular weight excluding hydrogens is 254 g/mol. The van der Waals surface area contributed by atoms with Crippen LogP contribution >= 0.6 is 0 Å². The monoisotopic (exact) mass is 275 g/mol. The summed E-state index contributed by atoms with van der Waals surface area (Å²) in [5.74, 6) is 1.86. The minimum atomic E-state index is -0.110. The zero-order valence-electron chi connectivity index (χ0n) is 12.3. The Morgan fingerprint density at radius 3 is 2.95 bits per heavy atom. The Kier molecular flexibility index (Phi) is 3.33. The molecule has 3 rings (SSSR count). The molecule has 0 saturated carbocycles. The minimum Gasteiger partial charge on any atom is -0.338 e. The van der Waals surface area contributed by atoms with E-state index < -0.39 is 0 Å². The van der Waals surface area contributed by atoms with Crippen molar-refractivity contribution < 1.29 is 4.52 Å². The van der Waals surface area contributed by atoms with E-state index in [0.717, 1.165) is 18.7 Å². The minimum absolute atomic E-state index is 0.110. The number of hydrogen-bond acceptors (Lipinski definition) is 5. The molecule has 3 heterocycles. The summed E-state index contributed by atoms with van der Waals surface area (Å²) in [6.07, 6.45) is 6.05. The number of aryl methyl sites for hydroxylation is 1. The van der Waals surface area contributed by atoms with E-state index >= 15 is 0 Å². The van der Waals surface area contributed by atoms with Crippen molar-refractivity contribution in [2.24, 2.45) is 13.0 Å². The lowest BCUT2D eigenvalue weighted by Gasteiger charge is -2.34. The van der Waals surface area contributed by atoms with E-state index in [1.54, 1.807) is 10.9 Å². The van der Waals surface area contributed by atoms with Gasteiger partial charge in [-0.05, 0) is 31.8 Å². The van der Waals surface area contributed by atoms with Crippen molar-refractivity contribution in [1.82, 2.24) is 25.2 Å². The summed E-state index contributed by atoms with van der Waals surface area (Å²) in [4.78, 5) is 4.58. The first-order chi connectivity index (χ1) is 9.57. The van der Waals surface area contributed by atoms with Crippen molar-refractivity contribution >= 4 is 0 Å². The van der Waals surface area contributed by atoms with Crippen molar-refractivity contribution in [2.75, 3.05) is 13.1 Å². The van der Waals surface area contributed by atoms with Crippen LogP contribution in [0.1, 0.15) is 32.6 Å². The average Bonchev–Trinajstić information content (AvgIpc) is 3.08. The van der Waals surface area contributed by atoms with Gasteiger partial charge in [-0.2, -0.15) is 10.1 Å². The van der Waals surface area contributed by atoms with Gasteiger partial charge in [0.25, 0.3) is 0 Å². The van der Waals surface area contributed by atoms with Crippen LogP contribution in [0, 0.1) is 5.92 Å². The lowest BCUT2D eigenvalue weighted by atomic mass is 9.75. The summed E-state index contributed by atoms with van der Waals surface area (Å²) < 4.78 is 7.26. The van der Waals surface area contributed by atoms with Crippen molar-refractivity contribution in [1.29, 1.82) is 0 Å². The largest absolute Gasteiger partial charge is 0.338 e. The van der Waals surface area contributed by atoms with E-state index in [0.29, 0.717) is 17.6 Å². The maximum Gasteiger partial charge on any atom is 0.232 e. The molecule has 0 spiro atoms. The van der Waals surface area contributed by atoms with E-state index in [2.05, 4.69) is 34.4 Å². The van der Waals surface area contributed by atoms with Crippen molar-refractivity contribution in [3.8, 4) is 11.4 Å². The fourth-order valence-corrected chi connectivity index (χ4v) is 2.78. The normalized spacial score (nSPS) is 20.2. The molecule has 1 saturated heterocycles. The van der Waals surface area contributed by atoms with Crippen LogP contribution in [0.2, 0.25) is 0 Å². The molecule has 1 aliphatic rings. The summed E-state index contributed by atoms with van der Waals surface area (Å²) in [5, 5.41) is 11.7. The first kappa shape index (κ1) is 13.3. The first-order valence-corrected chi connectivity index (χ1v) is 7.11. The van der Waals surface area contributed by atoms with Gasteiger partial charge < -0.3 is 9.84 Å². The van der Waals surface area contributed by atoms with Crippen LogP contribution in [0.3, 0.4) is 0 Å². The van der Waals surface area contributed by atoms with Gasteiger partial charge in [-0.25, -0.2) is 0 Å². The summed E-state index contributed by atoms with van der Waals surface area (Å²) in [7, 11) is 1.88. The molecule has 1 aliphatic heterocycles. The molecule has 1 N–H and O–H groups in total. The molecule has 1 atom stereocenters. The van der Waals surface area contributed by atoms with E-state index in [4.69, 9.17) is 4.52 Å². The van der Waals surface area contributed by atoms with Crippen LogP contribution in [0.4, 0.5) is 0 Å². The molecule has 108 valence electrons. The second-order valence-electron chi connectivity index (χ2n) is 6.09. The number of hydrogen-bond donors (Lipinski definition) is 1. The van der Waals surface area contributed by atoms with Gasteiger partial charge in [0.15, 0.2) is 0 Å². The van der Waals surface area contributed by atoms with Crippen molar-refractivity contribution in [3.05, 3.63) is 18.3 Å². The summed E-state index contributed by atoms with van der Waals surface area (Å²) >= 11 is 0. The Bertz CT molecular complexity index is 580. The van der Waals surface area contributed by atoms with Gasteiger partial charge in [-0.1, -0.05) is 19.0 Å². The van der Waals surface area contributed by atoms with Crippen LogP contribution in [-0.2, 0) is 12.5 Å². The van der Waals surface area contributed by atoms with E-state index in [-0.39, 0.29) is 5.41 Å². The molecule has 6 nitrogen and oxygen atoms in total. The molecule has 2 aromatic rings. The lowest BCUT2D eigenvalue weighted by molar-refractivity contribution is 0.196. The molecule has 1 fully saturated rings. The topological polar surface area (TPSA) is 68.8 Å². The number of aromatic nitrogens is 4. The summed E-state index contributed by atoms with van der Waals surface area (Å²) in [6.45, 7) is 6.49. The maximum absolute atomic E-state index is 5.52. The molecule has 0 amide bonds. The van der Waals surface area contributed by atoms with Gasteiger partial charge in [0.05, 0.1) is 11.8 Å². The number of nitrogens with one attached hydrogen (secondary N) is 1. The maximum atomic E-state index is 5.52. The fraction of sp³-hybridized carbons (Fsp3) is 0.643. The Morgan fingerprint density at radius 1 is 1.45 bits per heavy atom. The third-order valence-corrected chi connectivity index (χ3v) is 4.26. The van der Waals surface area contributed by atoms with Gasteiger partial charge >= 0.3 is 0 Å². The third kappa shape index (κ3) is 2.35. The molecular formula is C14H21N5O. The Labute approximate surface area is 118 Å². The number of piperidine rings is 1. The van der Waals surface area contributed by atoms with Gasteiger partial charge in [0, 0.05) is 18.7 Å². The predicted octanol–water partition coefficient (Wildman–Crippen LogP) is 1.75. The Balaban J connectivity index is 1.85. The van der Waals surface area contributed by atoms with E-state index in [1.165, 1.54) is 12.8 Å². The lowest BCUT2D eigenvalue weighted by Crippen LogP contribution is -2.40. The quantitative estimate of drug-likeness (QED) is 0.924. The van der Waals surface area contributed by atoms with Gasteiger partial charge in [0.2, 0.25) is 11.7 Å². The van der Waals surface area contributed by atoms with Crippen LogP contribution in [0.25, 0.3) is 11.4 Å². The standard InChI is InChI=1S/C14H21N5O/c1-14(2,11-5-4-6-15-8-11)13-17-12(18-20-13)10-7-16-19(3)9-10/h7,9,11,15H,4-6,8H2,1-3H3. The third-order valence-electron chi connectivity index (χ3n) is 4.26. The first-order valence-electron chi connectivity index (χ1n) is 7.11. The van der Waals surface area contributed by atoms with Gasteiger partial charge in [-0.3, -0.25) is 4.68 Å². The van der Waals surface area contributed by atoms with Crippen LogP contribution in [0.15, 0.2) is 16.9 Å². The summed E-state index contributed by atoms with van der Waals surface area (Å²) in [6, 6.07) is 0. The Hall–Kier alpha value is -1.69. The zero-order valence-corrected chi connectivity index (χ0v) is 12.3. The highest BCUT2D eigenvalue weighted by atomic mass is 16.5. The predicted molar refractivity (Wildman–Crippen MR) is 75.1 cm³/mol. The molecule has 0 radical (unpaired) electrons. The SMILES string of the molecule is Cn1cc(-c2noc(C(C)(C)C3CCCNC3)n2)cn1.